The van der Waals surface area contributed by atoms with E-state index < -0.39 is 30.3 Å². The molecule has 126 valence electrons. The molecule has 0 amide bonds. The van der Waals surface area contributed by atoms with E-state index in [9.17, 15) is 4.79 Å². The molecule has 1 atom stereocenters. The second-order valence-electron chi connectivity index (χ2n) is 6.73. The van der Waals surface area contributed by atoms with Crippen molar-refractivity contribution in [3.8, 4) is 0 Å². The number of carbonyl (C=O) groups is 1. The lowest BCUT2D eigenvalue weighted by atomic mass is 9.78. The first-order valence-corrected chi connectivity index (χ1v) is 8.14. The van der Waals surface area contributed by atoms with Gasteiger partial charge in [0.2, 0.25) is 0 Å². The maximum absolute atomic E-state index is 11.0. The van der Waals surface area contributed by atoms with Crippen LogP contribution >= 0.6 is 12.6 Å². The second-order valence-corrected chi connectivity index (χ2v) is 7.05. The Morgan fingerprint density at radius 1 is 1.43 bits per heavy atom. The Kier molecular flexibility index (Phi) is 4.99. The zero-order valence-electron chi connectivity index (χ0n) is 14.1. The van der Waals surface area contributed by atoms with Crippen LogP contribution in [0.1, 0.15) is 46.2 Å². The van der Waals surface area contributed by atoms with E-state index in [1.165, 1.54) is 4.68 Å². The van der Waals surface area contributed by atoms with Gasteiger partial charge < -0.3 is 14.4 Å². The zero-order chi connectivity index (χ0) is 17.4. The Hall–Kier alpha value is -1.25. The largest absolute Gasteiger partial charge is 0.491 e. The van der Waals surface area contributed by atoms with Crippen LogP contribution in [0, 0.1) is 0 Å². The normalized spacial score (nSPS) is 21.5. The fourth-order valence-electron chi connectivity index (χ4n) is 2.15. The third kappa shape index (κ3) is 3.64. The first kappa shape index (κ1) is 18.1. The Morgan fingerprint density at radius 3 is 2.48 bits per heavy atom. The molecule has 0 bridgehead atoms. The number of carboxylic acid groups (broad SMARTS) is 1. The molecular weight excluding hydrogens is 315 g/mol. The average molecular weight is 338 g/mol. The predicted molar refractivity (Wildman–Crippen MR) is 92.5 cm³/mol. The zero-order valence-corrected chi connectivity index (χ0v) is 15.0. The van der Waals surface area contributed by atoms with Gasteiger partial charge in [0.15, 0.2) is 0 Å². The number of rotatable bonds is 5. The van der Waals surface area contributed by atoms with E-state index in [0.717, 1.165) is 11.0 Å². The molecule has 8 heteroatoms. The summed E-state index contributed by atoms with van der Waals surface area (Å²) < 4.78 is 13.5. The minimum absolute atomic E-state index is 0.415. The highest BCUT2D eigenvalue weighted by Crippen LogP contribution is 2.39. The molecule has 0 radical (unpaired) electrons. The van der Waals surface area contributed by atoms with E-state index in [-0.39, 0.29) is 0 Å². The molecule has 1 aliphatic rings. The molecular formula is C15H23BN2O4S. The monoisotopic (exact) mass is 338 g/mol. The lowest BCUT2D eigenvalue weighted by molar-refractivity contribution is -0.140. The van der Waals surface area contributed by atoms with Crippen molar-refractivity contribution < 1.29 is 19.2 Å². The molecule has 1 N–H and O–H groups in total. The summed E-state index contributed by atoms with van der Waals surface area (Å²) in [6, 6.07) is -0.714. The molecule has 0 unspecified atom stereocenters. The lowest BCUT2D eigenvalue weighted by Crippen LogP contribution is -2.41. The number of nitrogens with zero attached hydrogens (tertiary/aromatic N) is 2. The molecule has 1 aliphatic heterocycles. The molecule has 0 spiro atoms. The summed E-state index contributed by atoms with van der Waals surface area (Å²) in [7, 11) is -0.474. The summed E-state index contributed by atoms with van der Waals surface area (Å²) in [5.41, 5.74) is 0.829. The Morgan fingerprint density at radius 2 is 2.00 bits per heavy atom. The van der Waals surface area contributed by atoms with Crippen LogP contribution in [0.2, 0.25) is 0 Å². The van der Waals surface area contributed by atoms with Crippen molar-refractivity contribution in [2.75, 3.05) is 5.75 Å². The van der Waals surface area contributed by atoms with Crippen molar-refractivity contribution in [3.63, 3.8) is 0 Å². The first-order chi connectivity index (χ1) is 10.6. The summed E-state index contributed by atoms with van der Waals surface area (Å²) >= 11 is 4.37. The van der Waals surface area contributed by atoms with Gasteiger partial charge in [0.25, 0.3) is 0 Å². The van der Waals surface area contributed by atoms with Crippen LogP contribution in [-0.4, -0.2) is 44.9 Å². The number of hydrogen-bond donors (Lipinski definition) is 2. The van der Waals surface area contributed by atoms with E-state index >= 15 is 0 Å². The van der Waals surface area contributed by atoms with Crippen LogP contribution in [-0.2, 0) is 14.1 Å². The van der Waals surface area contributed by atoms with Crippen molar-refractivity contribution >= 4 is 31.8 Å². The van der Waals surface area contributed by atoms with Crippen molar-refractivity contribution in [2.45, 2.75) is 51.9 Å². The van der Waals surface area contributed by atoms with Gasteiger partial charge >= 0.3 is 13.1 Å². The summed E-state index contributed by atoms with van der Waals surface area (Å²) in [5, 5.41) is 13.1. The van der Waals surface area contributed by atoms with Crippen molar-refractivity contribution in [1.82, 2.24) is 9.78 Å². The Bertz CT molecular complexity index is 611. The Balaban J connectivity index is 2.22. The fourth-order valence-corrected chi connectivity index (χ4v) is 2.39. The van der Waals surface area contributed by atoms with Gasteiger partial charge in [-0.1, -0.05) is 6.08 Å². The maximum Gasteiger partial charge on any atom is 0.491 e. The summed E-state index contributed by atoms with van der Waals surface area (Å²) in [6.45, 7) is 9.56. The van der Waals surface area contributed by atoms with E-state index in [4.69, 9.17) is 14.4 Å². The first-order valence-electron chi connectivity index (χ1n) is 7.51. The molecule has 1 aromatic heterocycles. The van der Waals surface area contributed by atoms with Crippen LogP contribution in [0.4, 0.5) is 0 Å². The average Bonchev–Trinajstić information content (AvgIpc) is 2.98. The van der Waals surface area contributed by atoms with Crippen LogP contribution in [0.3, 0.4) is 0 Å². The van der Waals surface area contributed by atoms with Crippen molar-refractivity contribution in [1.29, 1.82) is 0 Å². The summed E-state index contributed by atoms with van der Waals surface area (Å²) in [6.07, 6.45) is 5.19. The van der Waals surface area contributed by atoms with Crippen molar-refractivity contribution in [2.24, 2.45) is 0 Å². The van der Waals surface area contributed by atoms with Gasteiger partial charge in [-0.3, -0.25) is 4.68 Å². The van der Waals surface area contributed by atoms with Gasteiger partial charge in [0.05, 0.1) is 17.4 Å². The van der Waals surface area contributed by atoms with E-state index in [1.807, 2.05) is 33.8 Å². The molecule has 6 nitrogen and oxygen atoms in total. The van der Waals surface area contributed by atoms with Gasteiger partial charge in [-0.2, -0.15) is 17.7 Å². The molecule has 2 rings (SSSR count). The maximum atomic E-state index is 11.0. The minimum atomic E-state index is -0.927. The van der Waals surface area contributed by atoms with Gasteiger partial charge in [-0.05, 0) is 40.1 Å². The van der Waals surface area contributed by atoms with E-state index in [2.05, 4.69) is 17.7 Å². The third-order valence-corrected chi connectivity index (χ3v) is 4.83. The molecule has 0 aliphatic carbocycles. The predicted octanol–water partition coefficient (Wildman–Crippen LogP) is 2.47. The van der Waals surface area contributed by atoms with Crippen molar-refractivity contribution in [3.05, 3.63) is 23.4 Å². The van der Waals surface area contributed by atoms with Gasteiger partial charge in [-0.15, -0.1) is 0 Å². The van der Waals surface area contributed by atoms with Crippen LogP contribution in [0.5, 0.6) is 0 Å². The number of carboxylic acids is 1. The SMILES string of the molecule is C[C@@H](C(=O)O)n1cc(C=C(CS)B2OC(C)(C)C(C)(C)O2)cn1. The quantitative estimate of drug-likeness (QED) is 0.637. The minimum Gasteiger partial charge on any atom is -0.480 e. The summed E-state index contributed by atoms with van der Waals surface area (Å²) in [4.78, 5) is 11.0. The standard InChI is InChI=1S/C15H23BN2O4S/c1-10(13(19)20)18-8-11(7-17-18)6-12(9-23)16-21-14(2,3)15(4,5)22-16/h6-8,10,23H,9H2,1-5H3,(H,19,20)/t10-/m0/s1. The molecule has 2 heterocycles. The third-order valence-electron chi connectivity index (χ3n) is 4.47. The smallest absolute Gasteiger partial charge is 0.480 e. The fraction of sp³-hybridized carbons (Fsp3) is 0.600. The topological polar surface area (TPSA) is 73.6 Å². The van der Waals surface area contributed by atoms with E-state index in [0.29, 0.717) is 5.75 Å². The molecule has 0 aromatic carbocycles. The van der Waals surface area contributed by atoms with Gasteiger partial charge in [-0.25, -0.2) is 4.79 Å². The van der Waals surface area contributed by atoms with Crippen LogP contribution in [0.15, 0.2) is 17.9 Å². The molecule has 0 saturated carbocycles. The molecule has 23 heavy (non-hydrogen) atoms. The highest BCUT2D eigenvalue weighted by atomic mass is 32.1. The van der Waals surface area contributed by atoms with Crippen LogP contribution < -0.4 is 0 Å². The highest BCUT2D eigenvalue weighted by molar-refractivity contribution is 7.80. The summed E-state index contributed by atoms with van der Waals surface area (Å²) in [5.74, 6) is -0.458. The lowest BCUT2D eigenvalue weighted by Gasteiger charge is -2.32. The van der Waals surface area contributed by atoms with Crippen LogP contribution in [0.25, 0.3) is 6.08 Å². The van der Waals surface area contributed by atoms with Gasteiger partial charge in [0, 0.05) is 17.5 Å². The molecule has 1 saturated heterocycles. The number of thiol groups is 1. The number of aliphatic carboxylic acids is 1. The van der Waals surface area contributed by atoms with Gasteiger partial charge in [0.1, 0.15) is 6.04 Å². The number of aromatic nitrogens is 2. The molecule has 1 fully saturated rings. The van der Waals surface area contributed by atoms with E-state index in [1.54, 1.807) is 19.3 Å². The second kappa shape index (κ2) is 6.34. The Labute approximate surface area is 142 Å². The highest BCUT2D eigenvalue weighted by Gasteiger charge is 2.52. The molecule has 1 aromatic rings. The number of hydrogen-bond acceptors (Lipinski definition) is 5.